The van der Waals surface area contributed by atoms with E-state index < -0.39 is 16.9 Å². The Bertz CT molecular complexity index is 480. The summed E-state index contributed by atoms with van der Waals surface area (Å²) in [7, 11) is -0.837. The minimum absolute atomic E-state index is 0.104. The summed E-state index contributed by atoms with van der Waals surface area (Å²) in [6.07, 6.45) is 1.05. The van der Waals surface area contributed by atoms with Crippen LogP contribution in [0.2, 0.25) is 0 Å². The highest BCUT2D eigenvalue weighted by Gasteiger charge is 2.16. The minimum Gasteiger partial charge on any atom is -0.486 e. The summed E-state index contributed by atoms with van der Waals surface area (Å²) in [5, 5.41) is 13.3. The summed E-state index contributed by atoms with van der Waals surface area (Å²) in [5.74, 6) is 1.97. The topological polar surface area (TPSA) is 67.8 Å². The van der Waals surface area contributed by atoms with Crippen LogP contribution in [-0.2, 0) is 10.8 Å². The summed E-state index contributed by atoms with van der Waals surface area (Å²) >= 11 is 0. The van der Waals surface area contributed by atoms with Crippen LogP contribution in [0.15, 0.2) is 18.2 Å². The normalized spacial score (nSPS) is 18.4. The zero-order valence-corrected chi connectivity index (χ0v) is 12.6. The van der Waals surface area contributed by atoms with E-state index in [1.165, 1.54) is 0 Å². The van der Waals surface area contributed by atoms with Crippen molar-refractivity contribution in [3.05, 3.63) is 23.8 Å². The van der Waals surface area contributed by atoms with Crippen LogP contribution >= 0.6 is 0 Å². The predicted octanol–water partition coefficient (Wildman–Crippen LogP) is 0.848. The summed E-state index contributed by atoms with van der Waals surface area (Å²) < 4.78 is 22.0. The first-order valence-electron chi connectivity index (χ1n) is 6.67. The lowest BCUT2D eigenvalue weighted by molar-refractivity contribution is 0.162. The third-order valence-electron chi connectivity index (χ3n) is 3.10. The van der Waals surface area contributed by atoms with Crippen molar-refractivity contribution in [2.24, 2.45) is 0 Å². The zero-order chi connectivity index (χ0) is 14.5. The number of aliphatic hydroxyl groups is 1. The second kappa shape index (κ2) is 7.06. The van der Waals surface area contributed by atoms with E-state index in [1.54, 1.807) is 6.26 Å². The first-order chi connectivity index (χ1) is 9.56. The number of nitrogens with one attached hydrogen (secondary N) is 1. The fourth-order valence-electron chi connectivity index (χ4n) is 2.11. The number of rotatable bonds is 6. The monoisotopic (exact) mass is 299 g/mol. The molecule has 0 bridgehead atoms. The highest BCUT2D eigenvalue weighted by atomic mass is 32.2. The molecule has 0 fully saturated rings. The van der Waals surface area contributed by atoms with Gasteiger partial charge in [0.05, 0.1) is 6.10 Å². The van der Waals surface area contributed by atoms with Crippen LogP contribution in [0.3, 0.4) is 0 Å². The van der Waals surface area contributed by atoms with Gasteiger partial charge in [-0.15, -0.1) is 0 Å². The lowest BCUT2D eigenvalue weighted by Gasteiger charge is -2.21. The van der Waals surface area contributed by atoms with E-state index in [9.17, 15) is 9.32 Å². The van der Waals surface area contributed by atoms with Crippen LogP contribution in [0.5, 0.6) is 11.5 Å². The molecule has 2 rings (SSSR count). The van der Waals surface area contributed by atoms with Crippen LogP contribution in [0, 0.1) is 0 Å². The van der Waals surface area contributed by atoms with E-state index in [0.717, 1.165) is 11.3 Å². The molecule has 112 valence electrons. The van der Waals surface area contributed by atoms with Crippen molar-refractivity contribution in [2.75, 3.05) is 31.8 Å². The second-order valence-electron chi connectivity index (χ2n) is 4.97. The minimum atomic E-state index is -0.837. The van der Waals surface area contributed by atoms with Gasteiger partial charge in [-0.25, -0.2) is 0 Å². The first-order valence-corrected chi connectivity index (χ1v) is 8.40. The summed E-state index contributed by atoms with van der Waals surface area (Å²) in [6, 6.07) is 5.57. The molecular weight excluding hydrogens is 278 g/mol. The van der Waals surface area contributed by atoms with Gasteiger partial charge in [0.1, 0.15) is 13.2 Å². The van der Waals surface area contributed by atoms with Gasteiger partial charge in [0.2, 0.25) is 0 Å². The zero-order valence-electron chi connectivity index (χ0n) is 11.8. The molecule has 3 unspecified atom stereocenters. The molecular formula is C14H21NO4S. The van der Waals surface area contributed by atoms with Crippen molar-refractivity contribution in [2.45, 2.75) is 19.1 Å². The Labute approximate surface area is 121 Å². The molecule has 0 amide bonds. The van der Waals surface area contributed by atoms with E-state index in [-0.39, 0.29) is 6.04 Å². The van der Waals surface area contributed by atoms with Crippen molar-refractivity contribution in [1.29, 1.82) is 0 Å². The maximum Gasteiger partial charge on any atom is 0.161 e. The van der Waals surface area contributed by atoms with Gasteiger partial charge in [0.25, 0.3) is 0 Å². The Morgan fingerprint density at radius 1 is 1.35 bits per heavy atom. The van der Waals surface area contributed by atoms with Gasteiger partial charge in [-0.3, -0.25) is 4.21 Å². The molecule has 1 heterocycles. The number of hydrogen-bond donors (Lipinski definition) is 2. The van der Waals surface area contributed by atoms with Crippen LogP contribution in [0.25, 0.3) is 0 Å². The number of aliphatic hydroxyl groups excluding tert-OH is 1. The number of ether oxygens (including phenoxy) is 2. The van der Waals surface area contributed by atoms with Crippen molar-refractivity contribution in [3.8, 4) is 11.5 Å². The third kappa shape index (κ3) is 4.19. The Morgan fingerprint density at radius 3 is 2.75 bits per heavy atom. The average Bonchev–Trinajstić information content (AvgIpc) is 2.43. The number of hydrogen-bond acceptors (Lipinski definition) is 5. The molecule has 1 aliphatic rings. The van der Waals surface area contributed by atoms with Crippen LogP contribution in [0.4, 0.5) is 0 Å². The van der Waals surface area contributed by atoms with Crippen LogP contribution < -0.4 is 14.8 Å². The molecule has 0 aliphatic carbocycles. The smallest absolute Gasteiger partial charge is 0.161 e. The largest absolute Gasteiger partial charge is 0.486 e. The molecule has 0 saturated heterocycles. The maximum atomic E-state index is 11.1. The molecule has 5 nitrogen and oxygen atoms in total. The molecule has 1 aromatic rings. The van der Waals surface area contributed by atoms with Gasteiger partial charge in [-0.1, -0.05) is 6.07 Å². The highest BCUT2D eigenvalue weighted by Crippen LogP contribution is 2.32. The van der Waals surface area contributed by atoms with E-state index in [1.807, 2.05) is 25.1 Å². The molecule has 0 aromatic heterocycles. The average molecular weight is 299 g/mol. The molecule has 0 radical (unpaired) electrons. The molecule has 6 heteroatoms. The second-order valence-corrected chi connectivity index (χ2v) is 6.45. The molecule has 3 atom stereocenters. The Hall–Kier alpha value is -1.11. The molecule has 1 aromatic carbocycles. The van der Waals surface area contributed by atoms with E-state index in [4.69, 9.17) is 9.47 Å². The van der Waals surface area contributed by atoms with Crippen molar-refractivity contribution in [1.82, 2.24) is 5.32 Å². The Balaban J connectivity index is 1.92. The highest BCUT2D eigenvalue weighted by molar-refractivity contribution is 7.84. The van der Waals surface area contributed by atoms with Crippen molar-refractivity contribution < 1.29 is 18.8 Å². The quantitative estimate of drug-likeness (QED) is 0.815. The fraction of sp³-hybridized carbons (Fsp3) is 0.571. The molecule has 0 spiro atoms. The third-order valence-corrected chi connectivity index (χ3v) is 4.06. The fourth-order valence-corrected chi connectivity index (χ4v) is 2.93. The Kier molecular flexibility index (Phi) is 5.39. The maximum absolute atomic E-state index is 11.1. The van der Waals surface area contributed by atoms with E-state index in [2.05, 4.69) is 5.32 Å². The molecule has 2 N–H and O–H groups in total. The molecule has 20 heavy (non-hydrogen) atoms. The SMILES string of the molecule is CC(CS(C)=O)NCC(O)c1ccc2c(c1)OCCO2. The number of benzene rings is 1. The van der Waals surface area contributed by atoms with Crippen LogP contribution in [0.1, 0.15) is 18.6 Å². The standard InChI is InChI=1S/C14H21NO4S/c1-10(9-20(2)17)15-8-12(16)11-3-4-13-14(7-11)19-6-5-18-13/h3-4,7,10,12,15-16H,5-6,8-9H2,1-2H3. The summed E-state index contributed by atoms with van der Waals surface area (Å²) in [5.41, 5.74) is 0.784. The Morgan fingerprint density at radius 2 is 2.05 bits per heavy atom. The van der Waals surface area contributed by atoms with Gasteiger partial charge in [-0.05, 0) is 24.6 Å². The summed E-state index contributed by atoms with van der Waals surface area (Å²) in [4.78, 5) is 0. The van der Waals surface area contributed by atoms with Gasteiger partial charge in [-0.2, -0.15) is 0 Å². The van der Waals surface area contributed by atoms with Gasteiger partial charge >= 0.3 is 0 Å². The van der Waals surface area contributed by atoms with Gasteiger partial charge < -0.3 is 19.9 Å². The van der Waals surface area contributed by atoms with Gasteiger partial charge in [0.15, 0.2) is 11.5 Å². The lowest BCUT2D eigenvalue weighted by Crippen LogP contribution is -2.34. The van der Waals surface area contributed by atoms with Crippen molar-refractivity contribution in [3.63, 3.8) is 0 Å². The number of fused-ring (bicyclic) bond motifs is 1. The lowest BCUT2D eigenvalue weighted by atomic mass is 10.1. The molecule has 0 saturated carbocycles. The van der Waals surface area contributed by atoms with E-state index in [0.29, 0.717) is 31.3 Å². The van der Waals surface area contributed by atoms with Crippen molar-refractivity contribution >= 4 is 10.8 Å². The van der Waals surface area contributed by atoms with E-state index >= 15 is 0 Å². The van der Waals surface area contributed by atoms with Gasteiger partial charge in [0, 0.05) is 35.4 Å². The summed E-state index contributed by atoms with van der Waals surface area (Å²) in [6.45, 7) is 3.46. The van der Waals surface area contributed by atoms with Crippen LogP contribution in [-0.4, -0.2) is 47.1 Å². The molecule has 1 aliphatic heterocycles. The first kappa shape index (κ1) is 15.3. The predicted molar refractivity (Wildman–Crippen MR) is 78.8 cm³/mol.